The van der Waals surface area contributed by atoms with Crippen LogP contribution in [0.1, 0.15) is 49.0 Å². The van der Waals surface area contributed by atoms with Crippen molar-refractivity contribution >= 4 is 27.5 Å². The van der Waals surface area contributed by atoms with E-state index in [0.29, 0.717) is 30.6 Å². The topological polar surface area (TPSA) is 95.6 Å². The minimum atomic E-state index is -3.67. The van der Waals surface area contributed by atoms with Crippen molar-refractivity contribution in [1.82, 2.24) is 9.62 Å². The molecule has 0 bridgehead atoms. The lowest BCUT2D eigenvalue weighted by Crippen LogP contribution is -2.43. The number of amides is 2. The van der Waals surface area contributed by atoms with Gasteiger partial charge in [0.05, 0.1) is 22.1 Å². The summed E-state index contributed by atoms with van der Waals surface area (Å²) in [6, 6.07) is 13.6. The van der Waals surface area contributed by atoms with Crippen LogP contribution in [0.25, 0.3) is 0 Å². The number of rotatable bonds is 7. The van der Waals surface area contributed by atoms with E-state index in [1.807, 2.05) is 20.8 Å². The Hall–Kier alpha value is -2.71. The number of nitrogens with one attached hydrogen (secondary N) is 2. The third-order valence-corrected chi connectivity index (χ3v) is 7.71. The Balaban J connectivity index is 1.73. The summed E-state index contributed by atoms with van der Waals surface area (Å²) >= 11 is 0. The van der Waals surface area contributed by atoms with Crippen molar-refractivity contribution in [2.45, 2.75) is 51.0 Å². The van der Waals surface area contributed by atoms with Crippen molar-refractivity contribution in [2.75, 3.05) is 18.4 Å². The van der Waals surface area contributed by atoms with Crippen LogP contribution in [0, 0.1) is 12.8 Å². The molecule has 1 aliphatic heterocycles. The Morgan fingerprint density at radius 2 is 1.81 bits per heavy atom. The van der Waals surface area contributed by atoms with E-state index < -0.39 is 15.9 Å². The summed E-state index contributed by atoms with van der Waals surface area (Å²) in [5, 5.41) is 5.76. The Morgan fingerprint density at radius 1 is 1.12 bits per heavy atom. The maximum atomic E-state index is 13.0. The number of para-hydroxylation sites is 1. The number of anilines is 1. The van der Waals surface area contributed by atoms with Crippen LogP contribution < -0.4 is 10.6 Å². The SMILES string of the molecule is CC[C@@H](C)NC(=O)c1ccccc1NC(=O)[C@H]1CCCN(S(=O)(=O)c2ccc(C)cc2)C1. The fourth-order valence-corrected chi connectivity index (χ4v) is 5.19. The van der Waals surface area contributed by atoms with E-state index in [-0.39, 0.29) is 29.3 Å². The van der Waals surface area contributed by atoms with E-state index in [0.717, 1.165) is 12.0 Å². The molecule has 1 heterocycles. The second-order valence-corrected chi connectivity index (χ2v) is 10.3. The lowest BCUT2D eigenvalue weighted by Gasteiger charge is -2.31. The molecular weight excluding hydrogens is 426 g/mol. The zero-order valence-electron chi connectivity index (χ0n) is 18.8. The lowest BCUT2D eigenvalue weighted by atomic mass is 9.98. The minimum Gasteiger partial charge on any atom is -0.350 e. The van der Waals surface area contributed by atoms with Gasteiger partial charge in [-0.2, -0.15) is 4.31 Å². The van der Waals surface area contributed by atoms with Gasteiger partial charge in [0.2, 0.25) is 15.9 Å². The highest BCUT2D eigenvalue weighted by Crippen LogP contribution is 2.26. The van der Waals surface area contributed by atoms with Crippen LogP contribution in [0.4, 0.5) is 5.69 Å². The van der Waals surface area contributed by atoms with Gasteiger partial charge in [-0.15, -0.1) is 0 Å². The van der Waals surface area contributed by atoms with Gasteiger partial charge in [-0.25, -0.2) is 8.42 Å². The summed E-state index contributed by atoms with van der Waals surface area (Å²) < 4.78 is 27.5. The molecule has 2 aromatic carbocycles. The monoisotopic (exact) mass is 457 g/mol. The number of nitrogens with zero attached hydrogens (tertiary/aromatic N) is 1. The molecule has 0 aliphatic carbocycles. The summed E-state index contributed by atoms with van der Waals surface area (Å²) in [4.78, 5) is 25.8. The number of carbonyl (C=O) groups is 2. The maximum absolute atomic E-state index is 13.0. The summed E-state index contributed by atoms with van der Waals surface area (Å²) in [5.74, 6) is -1.02. The van der Waals surface area contributed by atoms with E-state index in [2.05, 4.69) is 10.6 Å². The highest BCUT2D eigenvalue weighted by atomic mass is 32.2. The van der Waals surface area contributed by atoms with E-state index in [9.17, 15) is 18.0 Å². The van der Waals surface area contributed by atoms with E-state index in [4.69, 9.17) is 0 Å². The summed E-state index contributed by atoms with van der Waals surface area (Å²) in [7, 11) is -3.67. The maximum Gasteiger partial charge on any atom is 0.253 e. The van der Waals surface area contributed by atoms with Gasteiger partial charge in [-0.3, -0.25) is 9.59 Å². The van der Waals surface area contributed by atoms with Crippen LogP contribution in [0.15, 0.2) is 53.4 Å². The fourth-order valence-electron chi connectivity index (χ4n) is 3.66. The largest absolute Gasteiger partial charge is 0.350 e. The first-order valence-corrected chi connectivity index (χ1v) is 12.4. The highest BCUT2D eigenvalue weighted by Gasteiger charge is 2.33. The molecule has 1 fully saturated rings. The van der Waals surface area contributed by atoms with Crippen molar-refractivity contribution in [3.05, 3.63) is 59.7 Å². The predicted molar refractivity (Wildman–Crippen MR) is 125 cm³/mol. The zero-order chi connectivity index (χ0) is 23.3. The average Bonchev–Trinajstić information content (AvgIpc) is 2.79. The number of carbonyl (C=O) groups excluding carboxylic acids is 2. The third kappa shape index (κ3) is 5.55. The van der Waals surface area contributed by atoms with Crippen LogP contribution >= 0.6 is 0 Å². The van der Waals surface area contributed by atoms with Gasteiger partial charge in [-0.05, 0) is 57.4 Å². The lowest BCUT2D eigenvalue weighted by molar-refractivity contribution is -0.120. The molecule has 2 aromatic rings. The number of hydrogen-bond acceptors (Lipinski definition) is 4. The van der Waals surface area contributed by atoms with Gasteiger partial charge in [0.25, 0.3) is 5.91 Å². The van der Waals surface area contributed by atoms with Gasteiger partial charge in [0.1, 0.15) is 0 Å². The summed E-state index contributed by atoms with van der Waals surface area (Å²) in [5.41, 5.74) is 1.80. The van der Waals surface area contributed by atoms with Gasteiger partial charge in [0.15, 0.2) is 0 Å². The highest BCUT2D eigenvalue weighted by molar-refractivity contribution is 7.89. The first-order chi connectivity index (χ1) is 15.2. The quantitative estimate of drug-likeness (QED) is 0.665. The van der Waals surface area contributed by atoms with E-state index in [1.54, 1.807) is 48.5 Å². The Kier molecular flexibility index (Phi) is 7.69. The molecule has 7 nitrogen and oxygen atoms in total. The third-order valence-electron chi connectivity index (χ3n) is 5.83. The van der Waals surface area contributed by atoms with E-state index in [1.165, 1.54) is 4.31 Å². The minimum absolute atomic E-state index is 0.0186. The number of benzene rings is 2. The fraction of sp³-hybridized carbons (Fsp3) is 0.417. The van der Waals surface area contributed by atoms with Crippen LogP contribution in [-0.4, -0.2) is 43.7 Å². The van der Waals surface area contributed by atoms with Gasteiger partial charge in [-0.1, -0.05) is 36.8 Å². The predicted octanol–water partition coefficient (Wildman–Crippen LogP) is 3.56. The van der Waals surface area contributed by atoms with Gasteiger partial charge >= 0.3 is 0 Å². The normalized spacial score (nSPS) is 18.0. The standard InChI is InChI=1S/C24H31N3O4S/c1-4-18(3)25-24(29)21-9-5-6-10-22(21)26-23(28)19-8-7-15-27(16-19)32(30,31)20-13-11-17(2)12-14-20/h5-6,9-14,18-19H,4,7-8,15-16H2,1-3H3,(H,25,29)(H,26,28)/t18-,19+/m1/s1. The smallest absolute Gasteiger partial charge is 0.253 e. The van der Waals surface area contributed by atoms with Crippen LogP contribution in [-0.2, 0) is 14.8 Å². The van der Waals surface area contributed by atoms with Crippen molar-refractivity contribution in [2.24, 2.45) is 5.92 Å². The molecule has 2 atom stereocenters. The molecule has 2 N–H and O–H groups in total. The van der Waals surface area contributed by atoms with Crippen molar-refractivity contribution in [1.29, 1.82) is 0 Å². The number of sulfonamides is 1. The summed E-state index contributed by atoms with van der Waals surface area (Å²) in [6.45, 7) is 6.30. The molecule has 32 heavy (non-hydrogen) atoms. The molecule has 1 aliphatic rings. The Morgan fingerprint density at radius 3 is 2.50 bits per heavy atom. The molecule has 0 radical (unpaired) electrons. The van der Waals surface area contributed by atoms with Crippen LogP contribution in [0.2, 0.25) is 0 Å². The molecule has 0 aromatic heterocycles. The summed E-state index contributed by atoms with van der Waals surface area (Å²) in [6.07, 6.45) is 1.99. The molecule has 1 saturated heterocycles. The molecule has 2 amide bonds. The van der Waals surface area contributed by atoms with Crippen molar-refractivity contribution in [3.63, 3.8) is 0 Å². The zero-order valence-corrected chi connectivity index (χ0v) is 19.6. The second kappa shape index (κ2) is 10.3. The van der Waals surface area contributed by atoms with Crippen molar-refractivity contribution in [3.8, 4) is 0 Å². The molecule has 3 rings (SSSR count). The Bertz CT molecular complexity index is 1070. The van der Waals surface area contributed by atoms with Crippen LogP contribution in [0.3, 0.4) is 0 Å². The molecule has 172 valence electrons. The first-order valence-electron chi connectivity index (χ1n) is 11.0. The van der Waals surface area contributed by atoms with Crippen LogP contribution in [0.5, 0.6) is 0 Å². The molecular formula is C24H31N3O4S. The number of aryl methyl sites for hydroxylation is 1. The molecule has 0 unspecified atom stereocenters. The van der Waals surface area contributed by atoms with E-state index >= 15 is 0 Å². The molecule has 0 saturated carbocycles. The number of piperidine rings is 1. The van der Waals surface area contributed by atoms with Crippen molar-refractivity contribution < 1.29 is 18.0 Å². The average molecular weight is 458 g/mol. The molecule has 0 spiro atoms. The first kappa shape index (κ1) is 23.9. The molecule has 8 heteroatoms. The number of hydrogen-bond donors (Lipinski definition) is 2. The van der Waals surface area contributed by atoms with Gasteiger partial charge < -0.3 is 10.6 Å². The van der Waals surface area contributed by atoms with Gasteiger partial charge in [0, 0.05) is 19.1 Å². The Labute approximate surface area is 190 Å². The second-order valence-electron chi connectivity index (χ2n) is 8.33.